The zero-order chi connectivity index (χ0) is 12.1. The summed E-state index contributed by atoms with van der Waals surface area (Å²) in [6.07, 6.45) is 6.91. The third-order valence-corrected chi connectivity index (χ3v) is 3.06. The van der Waals surface area contributed by atoms with Crippen molar-refractivity contribution in [3.63, 3.8) is 0 Å². The highest BCUT2D eigenvalue weighted by atomic mass is 14.7. The molecule has 2 nitrogen and oxygen atoms in total. The smallest absolute Gasteiger partial charge is 0.0432 e. The van der Waals surface area contributed by atoms with Crippen molar-refractivity contribution in [3.05, 3.63) is 59.2 Å². The van der Waals surface area contributed by atoms with Crippen molar-refractivity contribution in [1.82, 2.24) is 9.97 Å². The molecule has 2 aromatic rings. The van der Waals surface area contributed by atoms with Gasteiger partial charge in [-0.25, -0.2) is 0 Å². The van der Waals surface area contributed by atoms with Crippen LogP contribution >= 0.6 is 0 Å². The van der Waals surface area contributed by atoms with Crippen molar-refractivity contribution in [1.29, 1.82) is 0 Å². The zero-order valence-corrected chi connectivity index (χ0v) is 10.5. The van der Waals surface area contributed by atoms with Crippen LogP contribution in [0.3, 0.4) is 0 Å². The fraction of sp³-hybridized carbons (Fsp3) is 0.333. The Kier molecular flexibility index (Phi) is 3.86. The SMILES string of the molecule is Cc1cccnc1CCCc1ncccc1C. The maximum atomic E-state index is 4.41. The van der Waals surface area contributed by atoms with E-state index < -0.39 is 0 Å². The Labute approximate surface area is 103 Å². The average Bonchev–Trinajstić information content (AvgIpc) is 2.34. The van der Waals surface area contributed by atoms with Crippen LogP contribution in [0.1, 0.15) is 28.9 Å². The van der Waals surface area contributed by atoms with Crippen molar-refractivity contribution in [2.45, 2.75) is 33.1 Å². The minimum absolute atomic E-state index is 1.03. The molecule has 0 atom stereocenters. The molecule has 2 heteroatoms. The molecule has 0 aliphatic rings. The Hall–Kier alpha value is -1.70. The molecule has 0 aromatic carbocycles. The Bertz CT molecular complexity index is 446. The predicted molar refractivity (Wildman–Crippen MR) is 70.0 cm³/mol. The minimum Gasteiger partial charge on any atom is -0.261 e. The number of nitrogens with zero attached hydrogens (tertiary/aromatic N) is 2. The van der Waals surface area contributed by atoms with Gasteiger partial charge in [0.15, 0.2) is 0 Å². The van der Waals surface area contributed by atoms with Crippen LogP contribution in [0.5, 0.6) is 0 Å². The molecule has 2 rings (SSSR count). The third kappa shape index (κ3) is 3.13. The second-order valence-corrected chi connectivity index (χ2v) is 4.39. The standard InChI is InChI=1S/C15H18N2/c1-12-6-4-10-16-14(12)8-3-9-15-13(2)7-5-11-17-15/h4-7,10-11H,3,8-9H2,1-2H3. The monoisotopic (exact) mass is 226 g/mol. The van der Waals surface area contributed by atoms with Crippen molar-refractivity contribution in [2.75, 3.05) is 0 Å². The molecule has 0 saturated carbocycles. The molecule has 0 radical (unpaired) electrons. The third-order valence-electron chi connectivity index (χ3n) is 3.06. The van der Waals surface area contributed by atoms with Crippen LogP contribution in [0.15, 0.2) is 36.7 Å². The van der Waals surface area contributed by atoms with Gasteiger partial charge in [-0.1, -0.05) is 12.1 Å². The molecule has 0 bridgehead atoms. The summed E-state index contributed by atoms with van der Waals surface area (Å²) in [5, 5.41) is 0. The van der Waals surface area contributed by atoms with E-state index in [9.17, 15) is 0 Å². The maximum Gasteiger partial charge on any atom is 0.0432 e. The predicted octanol–water partition coefficient (Wildman–Crippen LogP) is 3.27. The van der Waals surface area contributed by atoms with Crippen molar-refractivity contribution < 1.29 is 0 Å². The number of aromatic nitrogens is 2. The van der Waals surface area contributed by atoms with Gasteiger partial charge in [-0.05, 0) is 56.4 Å². The lowest BCUT2D eigenvalue weighted by Crippen LogP contribution is -1.98. The fourth-order valence-electron chi connectivity index (χ4n) is 1.98. The summed E-state index contributed by atoms with van der Waals surface area (Å²) < 4.78 is 0. The van der Waals surface area contributed by atoms with Crippen molar-refractivity contribution in [2.24, 2.45) is 0 Å². The van der Waals surface area contributed by atoms with Crippen LogP contribution in [0.4, 0.5) is 0 Å². The highest BCUT2D eigenvalue weighted by molar-refractivity contribution is 5.19. The minimum atomic E-state index is 1.03. The second kappa shape index (κ2) is 5.58. The van der Waals surface area contributed by atoms with Crippen LogP contribution in [-0.4, -0.2) is 9.97 Å². The summed E-state index contributed by atoms with van der Waals surface area (Å²) in [5.74, 6) is 0. The zero-order valence-electron chi connectivity index (χ0n) is 10.5. The molecule has 0 aliphatic carbocycles. The first-order valence-corrected chi connectivity index (χ1v) is 6.08. The number of hydrogen-bond acceptors (Lipinski definition) is 2. The van der Waals surface area contributed by atoms with Gasteiger partial charge in [0.1, 0.15) is 0 Å². The molecular weight excluding hydrogens is 208 g/mol. The first kappa shape index (κ1) is 11.8. The summed E-state index contributed by atoms with van der Waals surface area (Å²) in [4.78, 5) is 8.82. The number of hydrogen-bond donors (Lipinski definition) is 0. The second-order valence-electron chi connectivity index (χ2n) is 4.39. The Morgan fingerprint density at radius 3 is 1.71 bits per heavy atom. The van der Waals surface area contributed by atoms with E-state index in [2.05, 4.69) is 35.9 Å². The molecule has 0 aliphatic heterocycles. The summed E-state index contributed by atoms with van der Waals surface area (Å²) in [6.45, 7) is 4.24. The van der Waals surface area contributed by atoms with Gasteiger partial charge >= 0.3 is 0 Å². The quantitative estimate of drug-likeness (QED) is 0.799. The van der Waals surface area contributed by atoms with Gasteiger partial charge in [0, 0.05) is 23.8 Å². The van der Waals surface area contributed by atoms with Gasteiger partial charge in [0.2, 0.25) is 0 Å². The van der Waals surface area contributed by atoms with Crippen molar-refractivity contribution >= 4 is 0 Å². The van der Waals surface area contributed by atoms with Crippen LogP contribution in [0, 0.1) is 13.8 Å². The topological polar surface area (TPSA) is 25.8 Å². The largest absolute Gasteiger partial charge is 0.261 e. The molecule has 0 saturated heterocycles. The summed E-state index contributed by atoms with van der Waals surface area (Å²) in [5.41, 5.74) is 4.98. The molecule has 0 amide bonds. The normalized spacial score (nSPS) is 10.5. The molecule has 0 fully saturated rings. The number of rotatable bonds is 4. The van der Waals surface area contributed by atoms with E-state index in [4.69, 9.17) is 0 Å². The summed E-state index contributed by atoms with van der Waals surface area (Å²) >= 11 is 0. The van der Waals surface area contributed by atoms with Gasteiger partial charge in [0.05, 0.1) is 0 Å². The van der Waals surface area contributed by atoms with Gasteiger partial charge < -0.3 is 0 Å². The molecule has 2 aromatic heterocycles. The Balaban J connectivity index is 1.93. The highest BCUT2D eigenvalue weighted by Gasteiger charge is 2.01. The van der Waals surface area contributed by atoms with E-state index in [1.54, 1.807) is 0 Å². The van der Waals surface area contributed by atoms with Crippen LogP contribution in [-0.2, 0) is 12.8 Å². The molecule has 88 valence electrons. The fourth-order valence-corrected chi connectivity index (χ4v) is 1.98. The first-order valence-electron chi connectivity index (χ1n) is 6.08. The Morgan fingerprint density at radius 2 is 1.29 bits per heavy atom. The van der Waals surface area contributed by atoms with E-state index in [0.717, 1.165) is 19.3 Å². The van der Waals surface area contributed by atoms with E-state index in [0.29, 0.717) is 0 Å². The highest BCUT2D eigenvalue weighted by Crippen LogP contribution is 2.10. The number of pyridine rings is 2. The van der Waals surface area contributed by atoms with Crippen LogP contribution in [0.25, 0.3) is 0 Å². The van der Waals surface area contributed by atoms with Crippen LogP contribution in [0.2, 0.25) is 0 Å². The molecule has 0 spiro atoms. The lowest BCUT2D eigenvalue weighted by Gasteiger charge is -2.05. The lowest BCUT2D eigenvalue weighted by molar-refractivity contribution is 0.771. The van der Waals surface area contributed by atoms with Gasteiger partial charge in [0.25, 0.3) is 0 Å². The first-order chi connectivity index (χ1) is 8.27. The molecule has 17 heavy (non-hydrogen) atoms. The molecule has 2 heterocycles. The number of aryl methyl sites for hydroxylation is 4. The van der Waals surface area contributed by atoms with Gasteiger partial charge in [-0.15, -0.1) is 0 Å². The van der Waals surface area contributed by atoms with Gasteiger partial charge in [-0.2, -0.15) is 0 Å². The van der Waals surface area contributed by atoms with E-state index in [1.807, 2.05) is 24.5 Å². The molecular formula is C15H18N2. The summed E-state index contributed by atoms with van der Waals surface area (Å²) in [7, 11) is 0. The summed E-state index contributed by atoms with van der Waals surface area (Å²) in [6, 6.07) is 8.21. The van der Waals surface area contributed by atoms with E-state index in [-0.39, 0.29) is 0 Å². The maximum absolute atomic E-state index is 4.41. The van der Waals surface area contributed by atoms with Crippen molar-refractivity contribution in [3.8, 4) is 0 Å². The lowest BCUT2D eigenvalue weighted by atomic mass is 10.1. The van der Waals surface area contributed by atoms with Crippen LogP contribution < -0.4 is 0 Å². The van der Waals surface area contributed by atoms with E-state index >= 15 is 0 Å². The van der Waals surface area contributed by atoms with Gasteiger partial charge in [-0.3, -0.25) is 9.97 Å². The average molecular weight is 226 g/mol. The molecule has 0 N–H and O–H groups in total. The Morgan fingerprint density at radius 1 is 0.824 bits per heavy atom. The molecule has 0 unspecified atom stereocenters. The van der Waals surface area contributed by atoms with E-state index in [1.165, 1.54) is 22.5 Å².